The van der Waals surface area contributed by atoms with Crippen molar-refractivity contribution in [3.8, 4) is 0 Å². The van der Waals surface area contributed by atoms with E-state index in [-0.39, 0.29) is 11.8 Å². The topological polar surface area (TPSA) is 37.4 Å². The molecule has 0 aromatic heterocycles. The van der Waals surface area contributed by atoms with Gasteiger partial charge in [0.05, 0.1) is 10.7 Å². The van der Waals surface area contributed by atoms with Gasteiger partial charge in [-0.2, -0.15) is 0 Å². The first-order valence-corrected chi connectivity index (χ1v) is 5.69. The highest BCUT2D eigenvalue weighted by atomic mass is 79.9. The summed E-state index contributed by atoms with van der Waals surface area (Å²) in [6.07, 6.45) is 1.32. The number of anilines is 1. The number of hydrogen-bond donors (Lipinski definition) is 0. The molecule has 82 valence electrons. The van der Waals surface area contributed by atoms with E-state index in [1.165, 1.54) is 6.08 Å². The van der Waals surface area contributed by atoms with Gasteiger partial charge in [0, 0.05) is 16.1 Å². The molecule has 5 heteroatoms. The lowest BCUT2D eigenvalue weighted by Gasteiger charge is -2.14. The zero-order valence-corrected chi connectivity index (χ0v) is 10.7. The zero-order valence-electron chi connectivity index (χ0n) is 8.33. The van der Waals surface area contributed by atoms with Gasteiger partial charge < -0.3 is 0 Å². The standard InChI is InChI=1S/C11H7BrClNO2/c1-6-4-10(15)14(11(6)16)7-2-3-9(13)8(12)5-7/h2-5H,1H3. The fourth-order valence-electron chi connectivity index (χ4n) is 1.46. The second kappa shape index (κ2) is 4.03. The molecule has 0 bridgehead atoms. The van der Waals surface area contributed by atoms with E-state index in [0.717, 1.165) is 4.90 Å². The molecule has 0 radical (unpaired) electrons. The van der Waals surface area contributed by atoms with Gasteiger partial charge in [-0.25, -0.2) is 4.90 Å². The van der Waals surface area contributed by atoms with Gasteiger partial charge in [-0.15, -0.1) is 0 Å². The molecule has 1 heterocycles. The number of nitrogens with zero attached hydrogens (tertiary/aromatic N) is 1. The van der Waals surface area contributed by atoms with Gasteiger partial charge in [0.1, 0.15) is 0 Å². The molecular formula is C11H7BrClNO2. The van der Waals surface area contributed by atoms with Gasteiger partial charge in [-0.05, 0) is 41.1 Å². The average molecular weight is 301 g/mol. The fraction of sp³-hybridized carbons (Fsp3) is 0.0909. The molecule has 2 rings (SSSR count). The van der Waals surface area contributed by atoms with Crippen LogP contribution in [0, 0.1) is 0 Å². The predicted octanol–water partition coefficient (Wildman–Crippen LogP) is 2.92. The highest BCUT2D eigenvalue weighted by molar-refractivity contribution is 9.10. The number of amides is 2. The summed E-state index contributed by atoms with van der Waals surface area (Å²) in [7, 11) is 0. The maximum atomic E-state index is 11.7. The first-order valence-electron chi connectivity index (χ1n) is 4.52. The summed E-state index contributed by atoms with van der Waals surface area (Å²) >= 11 is 9.09. The average Bonchev–Trinajstić information content (AvgIpc) is 2.47. The van der Waals surface area contributed by atoms with Crippen LogP contribution < -0.4 is 4.90 Å². The molecule has 3 nitrogen and oxygen atoms in total. The summed E-state index contributed by atoms with van der Waals surface area (Å²) < 4.78 is 0.650. The summed E-state index contributed by atoms with van der Waals surface area (Å²) in [4.78, 5) is 24.4. The molecule has 16 heavy (non-hydrogen) atoms. The minimum absolute atomic E-state index is 0.292. The third kappa shape index (κ3) is 1.79. The Morgan fingerprint density at radius 1 is 1.31 bits per heavy atom. The third-order valence-electron chi connectivity index (χ3n) is 2.26. The summed E-state index contributed by atoms with van der Waals surface area (Å²) in [5.74, 6) is -0.615. The van der Waals surface area contributed by atoms with Crippen LogP contribution in [-0.4, -0.2) is 11.8 Å². The Balaban J connectivity index is 2.43. The van der Waals surface area contributed by atoms with E-state index in [0.29, 0.717) is 20.8 Å². The number of hydrogen-bond acceptors (Lipinski definition) is 2. The van der Waals surface area contributed by atoms with Crippen LogP contribution in [0.3, 0.4) is 0 Å². The van der Waals surface area contributed by atoms with Crippen LogP contribution in [-0.2, 0) is 9.59 Å². The molecule has 0 spiro atoms. The van der Waals surface area contributed by atoms with Crippen LogP contribution in [0.15, 0.2) is 34.3 Å². The van der Waals surface area contributed by atoms with Crippen molar-refractivity contribution in [2.45, 2.75) is 6.92 Å². The van der Waals surface area contributed by atoms with Crippen LogP contribution in [0.1, 0.15) is 6.92 Å². The van der Waals surface area contributed by atoms with E-state index in [9.17, 15) is 9.59 Å². The largest absolute Gasteiger partial charge is 0.269 e. The number of halogens is 2. The number of carbonyl (C=O) groups is 2. The molecule has 0 fully saturated rings. The number of rotatable bonds is 1. The highest BCUT2D eigenvalue weighted by Crippen LogP contribution is 2.29. The van der Waals surface area contributed by atoms with E-state index in [4.69, 9.17) is 11.6 Å². The summed E-state index contributed by atoms with van der Waals surface area (Å²) in [5, 5.41) is 0.535. The molecule has 1 aromatic rings. The van der Waals surface area contributed by atoms with Crippen molar-refractivity contribution in [2.24, 2.45) is 0 Å². The van der Waals surface area contributed by atoms with Crippen LogP contribution in [0.4, 0.5) is 5.69 Å². The Morgan fingerprint density at radius 3 is 2.50 bits per heavy atom. The molecule has 0 aliphatic carbocycles. The first kappa shape index (κ1) is 11.4. The maximum Gasteiger partial charge on any atom is 0.261 e. The Hall–Kier alpha value is -1.13. The molecule has 1 aromatic carbocycles. The Morgan fingerprint density at radius 2 is 2.00 bits per heavy atom. The molecule has 0 N–H and O–H groups in total. The van der Waals surface area contributed by atoms with Gasteiger partial charge in [0.2, 0.25) is 0 Å². The van der Waals surface area contributed by atoms with Gasteiger partial charge in [-0.3, -0.25) is 9.59 Å². The van der Waals surface area contributed by atoms with Crippen LogP contribution in [0.2, 0.25) is 5.02 Å². The SMILES string of the molecule is CC1=CC(=O)N(c2ccc(Cl)c(Br)c2)C1=O. The van der Waals surface area contributed by atoms with Gasteiger partial charge in [0.15, 0.2) is 0 Å². The van der Waals surface area contributed by atoms with Crippen molar-refractivity contribution < 1.29 is 9.59 Å². The van der Waals surface area contributed by atoms with E-state index in [1.54, 1.807) is 25.1 Å². The molecule has 1 aliphatic heterocycles. The normalized spacial score (nSPS) is 15.7. The highest BCUT2D eigenvalue weighted by Gasteiger charge is 2.29. The number of benzene rings is 1. The quantitative estimate of drug-likeness (QED) is 0.748. The molecule has 0 atom stereocenters. The Labute approximate surface area is 106 Å². The molecular weight excluding hydrogens is 293 g/mol. The molecule has 0 saturated heterocycles. The lowest BCUT2D eigenvalue weighted by molar-refractivity contribution is -0.120. The van der Waals surface area contributed by atoms with Crippen LogP contribution in [0.25, 0.3) is 0 Å². The number of imide groups is 1. The lowest BCUT2D eigenvalue weighted by Crippen LogP contribution is -2.30. The second-order valence-corrected chi connectivity index (χ2v) is 4.67. The molecule has 1 aliphatic rings. The van der Waals surface area contributed by atoms with Gasteiger partial charge in [0.25, 0.3) is 11.8 Å². The Bertz CT molecular complexity index is 525. The van der Waals surface area contributed by atoms with Gasteiger partial charge in [-0.1, -0.05) is 11.6 Å². The molecule has 2 amide bonds. The summed E-state index contributed by atoms with van der Waals surface area (Å²) in [6.45, 7) is 1.62. The van der Waals surface area contributed by atoms with Crippen LogP contribution >= 0.6 is 27.5 Å². The van der Waals surface area contributed by atoms with Gasteiger partial charge >= 0.3 is 0 Å². The monoisotopic (exact) mass is 299 g/mol. The third-order valence-corrected chi connectivity index (χ3v) is 3.48. The van der Waals surface area contributed by atoms with E-state index in [1.807, 2.05) is 0 Å². The van der Waals surface area contributed by atoms with Crippen LogP contribution in [0.5, 0.6) is 0 Å². The lowest BCUT2D eigenvalue weighted by atomic mass is 10.3. The fourth-order valence-corrected chi connectivity index (χ4v) is 1.94. The smallest absolute Gasteiger partial charge is 0.261 e. The summed E-state index contributed by atoms with van der Waals surface area (Å²) in [5.41, 5.74) is 0.954. The number of carbonyl (C=O) groups excluding carboxylic acids is 2. The predicted molar refractivity (Wildman–Crippen MR) is 65.4 cm³/mol. The Kier molecular flexibility index (Phi) is 2.86. The van der Waals surface area contributed by atoms with Crippen molar-refractivity contribution in [3.63, 3.8) is 0 Å². The van der Waals surface area contributed by atoms with Crippen molar-refractivity contribution in [3.05, 3.63) is 39.3 Å². The van der Waals surface area contributed by atoms with E-state index < -0.39 is 0 Å². The molecule has 0 unspecified atom stereocenters. The van der Waals surface area contributed by atoms with Crippen molar-refractivity contribution in [1.82, 2.24) is 0 Å². The first-order chi connectivity index (χ1) is 7.50. The van der Waals surface area contributed by atoms with E-state index >= 15 is 0 Å². The maximum absolute atomic E-state index is 11.7. The zero-order chi connectivity index (χ0) is 11.9. The van der Waals surface area contributed by atoms with Crippen molar-refractivity contribution in [2.75, 3.05) is 4.90 Å². The molecule has 0 saturated carbocycles. The van der Waals surface area contributed by atoms with E-state index in [2.05, 4.69) is 15.9 Å². The van der Waals surface area contributed by atoms with Crippen molar-refractivity contribution in [1.29, 1.82) is 0 Å². The minimum Gasteiger partial charge on any atom is -0.269 e. The minimum atomic E-state index is -0.322. The summed E-state index contributed by atoms with van der Waals surface area (Å²) in [6, 6.07) is 4.91. The van der Waals surface area contributed by atoms with Crippen molar-refractivity contribution >= 4 is 45.0 Å². The second-order valence-electron chi connectivity index (χ2n) is 3.40.